The standard InChI is InChI=1S/C14H26N2S/c1-6-7-12-13(9-15-8-10(2)3)17-14(16-12)11(4)5/h10-11,15H,6-9H2,1-5H3. The van der Waals surface area contributed by atoms with Crippen LogP contribution in [0.3, 0.4) is 0 Å². The summed E-state index contributed by atoms with van der Waals surface area (Å²) in [6.07, 6.45) is 2.29. The monoisotopic (exact) mass is 254 g/mol. The van der Waals surface area contributed by atoms with E-state index in [1.165, 1.54) is 22.0 Å². The molecule has 3 heteroatoms. The minimum absolute atomic E-state index is 0.550. The van der Waals surface area contributed by atoms with Crippen LogP contribution in [0.4, 0.5) is 0 Å². The third kappa shape index (κ3) is 4.76. The molecule has 0 amide bonds. The molecule has 0 saturated heterocycles. The fourth-order valence-electron chi connectivity index (χ4n) is 1.69. The normalized spacial score (nSPS) is 11.7. The summed E-state index contributed by atoms with van der Waals surface area (Å²) in [4.78, 5) is 6.22. The summed E-state index contributed by atoms with van der Waals surface area (Å²) in [6, 6.07) is 0. The average Bonchev–Trinajstić information content (AvgIpc) is 2.62. The van der Waals surface area contributed by atoms with E-state index in [9.17, 15) is 0 Å². The SMILES string of the molecule is CCCc1nc(C(C)C)sc1CNCC(C)C. The highest BCUT2D eigenvalue weighted by Gasteiger charge is 2.12. The Kier molecular flexibility index (Phi) is 6.14. The van der Waals surface area contributed by atoms with Crippen LogP contribution in [-0.2, 0) is 13.0 Å². The molecule has 1 aromatic heterocycles. The van der Waals surface area contributed by atoms with Gasteiger partial charge in [0.05, 0.1) is 10.7 Å². The zero-order valence-electron chi connectivity index (χ0n) is 11.8. The van der Waals surface area contributed by atoms with Crippen LogP contribution in [0.5, 0.6) is 0 Å². The number of thiazole rings is 1. The highest BCUT2D eigenvalue weighted by molar-refractivity contribution is 7.11. The number of nitrogens with one attached hydrogen (secondary N) is 1. The Morgan fingerprint density at radius 3 is 2.47 bits per heavy atom. The van der Waals surface area contributed by atoms with Crippen molar-refractivity contribution in [3.8, 4) is 0 Å². The molecule has 0 saturated carbocycles. The van der Waals surface area contributed by atoms with Crippen molar-refractivity contribution in [2.45, 2.75) is 59.9 Å². The molecule has 98 valence electrons. The van der Waals surface area contributed by atoms with Gasteiger partial charge in [0.2, 0.25) is 0 Å². The summed E-state index contributed by atoms with van der Waals surface area (Å²) in [5.74, 6) is 1.26. The van der Waals surface area contributed by atoms with E-state index >= 15 is 0 Å². The highest BCUT2D eigenvalue weighted by Crippen LogP contribution is 2.25. The molecule has 1 aromatic rings. The fraction of sp³-hybridized carbons (Fsp3) is 0.786. The molecule has 1 rings (SSSR count). The maximum absolute atomic E-state index is 4.78. The molecular weight excluding hydrogens is 228 g/mol. The van der Waals surface area contributed by atoms with Crippen LogP contribution in [0.25, 0.3) is 0 Å². The third-order valence-corrected chi connectivity index (χ3v) is 4.01. The maximum atomic E-state index is 4.78. The third-order valence-electron chi connectivity index (χ3n) is 2.61. The molecule has 0 atom stereocenters. The second-order valence-electron chi connectivity index (χ2n) is 5.35. The average molecular weight is 254 g/mol. The maximum Gasteiger partial charge on any atom is 0.0957 e. The number of aryl methyl sites for hydroxylation is 1. The Balaban J connectivity index is 2.67. The van der Waals surface area contributed by atoms with Crippen molar-refractivity contribution in [1.29, 1.82) is 0 Å². The van der Waals surface area contributed by atoms with Crippen LogP contribution in [-0.4, -0.2) is 11.5 Å². The van der Waals surface area contributed by atoms with Crippen LogP contribution in [0.2, 0.25) is 0 Å². The molecule has 0 spiro atoms. The summed E-state index contributed by atoms with van der Waals surface area (Å²) in [5, 5.41) is 4.81. The molecule has 2 nitrogen and oxygen atoms in total. The summed E-state index contributed by atoms with van der Waals surface area (Å²) < 4.78 is 0. The zero-order valence-corrected chi connectivity index (χ0v) is 12.7. The number of aromatic nitrogens is 1. The van der Waals surface area contributed by atoms with Gasteiger partial charge >= 0.3 is 0 Å². The second kappa shape index (κ2) is 7.12. The van der Waals surface area contributed by atoms with Crippen molar-refractivity contribution >= 4 is 11.3 Å². The van der Waals surface area contributed by atoms with Crippen LogP contribution in [0.15, 0.2) is 0 Å². The molecule has 0 fully saturated rings. The van der Waals surface area contributed by atoms with Crippen LogP contribution in [0, 0.1) is 5.92 Å². The van der Waals surface area contributed by atoms with Gasteiger partial charge in [0.1, 0.15) is 0 Å². The van der Waals surface area contributed by atoms with E-state index in [0.717, 1.165) is 19.5 Å². The molecule has 0 aliphatic carbocycles. The van der Waals surface area contributed by atoms with Gasteiger partial charge in [-0.3, -0.25) is 0 Å². The Morgan fingerprint density at radius 1 is 1.24 bits per heavy atom. The first-order valence-electron chi connectivity index (χ1n) is 6.73. The highest BCUT2D eigenvalue weighted by atomic mass is 32.1. The minimum Gasteiger partial charge on any atom is -0.312 e. The molecule has 0 bridgehead atoms. The summed E-state index contributed by atoms with van der Waals surface area (Å²) in [6.45, 7) is 13.2. The first-order valence-corrected chi connectivity index (χ1v) is 7.55. The Labute approximate surface area is 110 Å². The van der Waals surface area contributed by atoms with Crippen molar-refractivity contribution in [2.24, 2.45) is 5.92 Å². The molecule has 0 aliphatic heterocycles. The Hall–Kier alpha value is -0.410. The van der Waals surface area contributed by atoms with Crippen LogP contribution < -0.4 is 5.32 Å². The summed E-state index contributed by atoms with van der Waals surface area (Å²) in [7, 11) is 0. The Morgan fingerprint density at radius 2 is 1.94 bits per heavy atom. The molecule has 1 heterocycles. The van der Waals surface area contributed by atoms with E-state index in [1.807, 2.05) is 11.3 Å². The molecule has 1 N–H and O–H groups in total. The Bertz CT molecular complexity index is 329. The molecule has 0 unspecified atom stereocenters. The number of rotatable bonds is 7. The second-order valence-corrected chi connectivity index (χ2v) is 6.47. The van der Waals surface area contributed by atoms with E-state index in [0.29, 0.717) is 11.8 Å². The van der Waals surface area contributed by atoms with Gasteiger partial charge in [0.25, 0.3) is 0 Å². The van der Waals surface area contributed by atoms with Crippen molar-refractivity contribution in [2.75, 3.05) is 6.54 Å². The lowest BCUT2D eigenvalue weighted by atomic mass is 10.2. The van der Waals surface area contributed by atoms with Gasteiger partial charge < -0.3 is 5.32 Å². The molecule has 0 aliphatic rings. The summed E-state index contributed by atoms with van der Waals surface area (Å²) >= 11 is 1.89. The smallest absolute Gasteiger partial charge is 0.0957 e. The minimum atomic E-state index is 0.550. The van der Waals surface area contributed by atoms with Gasteiger partial charge in [-0.1, -0.05) is 41.0 Å². The molecule has 0 aromatic carbocycles. The predicted octanol–water partition coefficient (Wildman–Crippen LogP) is 3.96. The number of hydrogen-bond acceptors (Lipinski definition) is 3. The molecule has 0 radical (unpaired) electrons. The van der Waals surface area contributed by atoms with E-state index in [2.05, 4.69) is 39.9 Å². The van der Waals surface area contributed by atoms with Gasteiger partial charge in [-0.15, -0.1) is 11.3 Å². The van der Waals surface area contributed by atoms with Gasteiger partial charge in [-0.2, -0.15) is 0 Å². The summed E-state index contributed by atoms with van der Waals surface area (Å²) in [5.41, 5.74) is 1.32. The van der Waals surface area contributed by atoms with Crippen molar-refractivity contribution in [3.63, 3.8) is 0 Å². The van der Waals surface area contributed by atoms with Crippen molar-refractivity contribution in [1.82, 2.24) is 10.3 Å². The largest absolute Gasteiger partial charge is 0.312 e. The van der Waals surface area contributed by atoms with E-state index in [1.54, 1.807) is 0 Å². The topological polar surface area (TPSA) is 24.9 Å². The van der Waals surface area contributed by atoms with E-state index in [4.69, 9.17) is 4.98 Å². The van der Waals surface area contributed by atoms with E-state index < -0.39 is 0 Å². The number of nitrogens with zero attached hydrogens (tertiary/aromatic N) is 1. The van der Waals surface area contributed by atoms with Crippen LogP contribution >= 0.6 is 11.3 Å². The molecule has 17 heavy (non-hydrogen) atoms. The first-order chi connectivity index (χ1) is 8.04. The lowest BCUT2D eigenvalue weighted by Gasteiger charge is -2.06. The van der Waals surface area contributed by atoms with Crippen molar-refractivity contribution in [3.05, 3.63) is 15.6 Å². The van der Waals surface area contributed by atoms with E-state index in [-0.39, 0.29) is 0 Å². The number of hydrogen-bond donors (Lipinski definition) is 1. The first kappa shape index (κ1) is 14.7. The quantitative estimate of drug-likeness (QED) is 0.796. The molecular formula is C14H26N2S. The van der Waals surface area contributed by atoms with Gasteiger partial charge in [-0.05, 0) is 18.9 Å². The van der Waals surface area contributed by atoms with Crippen molar-refractivity contribution < 1.29 is 0 Å². The lowest BCUT2D eigenvalue weighted by Crippen LogP contribution is -2.19. The van der Waals surface area contributed by atoms with Gasteiger partial charge in [-0.25, -0.2) is 4.98 Å². The van der Waals surface area contributed by atoms with Gasteiger partial charge in [0, 0.05) is 17.3 Å². The van der Waals surface area contributed by atoms with Gasteiger partial charge in [0.15, 0.2) is 0 Å². The predicted molar refractivity (Wildman–Crippen MR) is 76.7 cm³/mol. The van der Waals surface area contributed by atoms with Crippen LogP contribution in [0.1, 0.15) is 62.5 Å². The lowest BCUT2D eigenvalue weighted by molar-refractivity contribution is 0.553. The zero-order chi connectivity index (χ0) is 12.8. The fourth-order valence-corrected chi connectivity index (χ4v) is 2.78.